The number of rotatable bonds is 5. The maximum Gasteiger partial charge on any atom is 0.239 e. The Morgan fingerprint density at radius 3 is 2.05 bits per heavy atom. The zero-order valence-corrected chi connectivity index (χ0v) is 10.7. The molecule has 2 rings (SSSR count). The molecular formula is C15H14F2N2O. The fourth-order valence-electron chi connectivity index (χ4n) is 1.62. The van der Waals surface area contributed by atoms with Crippen LogP contribution in [0.5, 0.6) is 0 Å². The van der Waals surface area contributed by atoms with Crippen LogP contribution in [0.15, 0.2) is 48.5 Å². The molecule has 0 aliphatic rings. The van der Waals surface area contributed by atoms with Gasteiger partial charge in [-0.3, -0.25) is 4.79 Å². The van der Waals surface area contributed by atoms with E-state index in [9.17, 15) is 13.6 Å². The maximum absolute atomic E-state index is 12.7. The third-order valence-electron chi connectivity index (χ3n) is 2.70. The highest BCUT2D eigenvalue weighted by atomic mass is 19.1. The summed E-state index contributed by atoms with van der Waals surface area (Å²) in [5, 5.41) is 5.58. The van der Waals surface area contributed by atoms with Crippen LogP contribution in [-0.4, -0.2) is 12.5 Å². The summed E-state index contributed by atoms with van der Waals surface area (Å²) < 4.78 is 25.4. The van der Waals surface area contributed by atoms with Gasteiger partial charge in [0.05, 0.1) is 6.54 Å². The normalized spacial score (nSPS) is 10.1. The molecule has 2 N–H and O–H groups in total. The summed E-state index contributed by atoms with van der Waals surface area (Å²) in [6.07, 6.45) is 0. The summed E-state index contributed by atoms with van der Waals surface area (Å²) in [7, 11) is 0. The minimum absolute atomic E-state index is 0.0901. The van der Waals surface area contributed by atoms with E-state index in [1.807, 2.05) is 0 Å². The van der Waals surface area contributed by atoms with Crippen molar-refractivity contribution in [2.24, 2.45) is 0 Å². The molecule has 0 aliphatic heterocycles. The van der Waals surface area contributed by atoms with Crippen molar-refractivity contribution in [3.63, 3.8) is 0 Å². The predicted molar refractivity (Wildman–Crippen MR) is 73.1 cm³/mol. The average Bonchev–Trinajstić information content (AvgIpc) is 2.46. The molecule has 20 heavy (non-hydrogen) atoms. The molecule has 0 saturated heterocycles. The number of anilines is 1. The van der Waals surface area contributed by atoms with Crippen LogP contribution < -0.4 is 10.6 Å². The Hall–Kier alpha value is -2.43. The fourth-order valence-corrected chi connectivity index (χ4v) is 1.62. The predicted octanol–water partition coefficient (Wildman–Crippen LogP) is 2.69. The minimum atomic E-state index is -0.323. The number of nitrogens with one attached hydrogen (secondary N) is 2. The van der Waals surface area contributed by atoms with Gasteiger partial charge in [0.1, 0.15) is 11.6 Å². The Balaban J connectivity index is 1.75. The van der Waals surface area contributed by atoms with Crippen molar-refractivity contribution in [3.05, 3.63) is 65.7 Å². The van der Waals surface area contributed by atoms with Crippen LogP contribution in [0.2, 0.25) is 0 Å². The molecule has 104 valence electrons. The van der Waals surface area contributed by atoms with Gasteiger partial charge >= 0.3 is 0 Å². The van der Waals surface area contributed by atoms with Crippen molar-refractivity contribution in [2.75, 3.05) is 11.9 Å². The lowest BCUT2D eigenvalue weighted by atomic mass is 10.2. The molecular weight excluding hydrogens is 262 g/mol. The number of amides is 1. The molecule has 0 aromatic heterocycles. The highest BCUT2D eigenvalue weighted by Gasteiger charge is 2.01. The molecule has 5 heteroatoms. The lowest BCUT2D eigenvalue weighted by Gasteiger charge is -2.08. The third-order valence-corrected chi connectivity index (χ3v) is 2.70. The van der Waals surface area contributed by atoms with Crippen LogP contribution in [0.25, 0.3) is 0 Å². The molecule has 2 aromatic carbocycles. The van der Waals surface area contributed by atoms with E-state index >= 15 is 0 Å². The van der Waals surface area contributed by atoms with Gasteiger partial charge in [0.2, 0.25) is 5.91 Å². The summed E-state index contributed by atoms with van der Waals surface area (Å²) in [5.74, 6) is -0.826. The third kappa shape index (κ3) is 4.35. The first-order valence-corrected chi connectivity index (χ1v) is 6.14. The first kappa shape index (κ1) is 14.0. The van der Waals surface area contributed by atoms with E-state index in [1.165, 1.54) is 24.3 Å². The molecule has 3 nitrogen and oxygen atoms in total. The van der Waals surface area contributed by atoms with Crippen LogP contribution in [0.3, 0.4) is 0 Å². The number of hydrogen-bond donors (Lipinski definition) is 2. The molecule has 0 fully saturated rings. The zero-order chi connectivity index (χ0) is 14.4. The Bertz CT molecular complexity index is 516. The fraction of sp³-hybridized carbons (Fsp3) is 0.133. The van der Waals surface area contributed by atoms with E-state index < -0.39 is 0 Å². The smallest absolute Gasteiger partial charge is 0.239 e. The number of carbonyl (C=O) groups excluding carboxylic acids is 1. The number of hydrogen-bond acceptors (Lipinski definition) is 2. The van der Waals surface area contributed by atoms with E-state index in [-0.39, 0.29) is 24.1 Å². The van der Waals surface area contributed by atoms with Gasteiger partial charge in [-0.05, 0) is 42.0 Å². The van der Waals surface area contributed by atoms with Gasteiger partial charge in [-0.1, -0.05) is 12.1 Å². The van der Waals surface area contributed by atoms with Gasteiger partial charge in [0.15, 0.2) is 0 Å². The lowest BCUT2D eigenvalue weighted by Crippen LogP contribution is -2.29. The molecule has 0 atom stereocenters. The molecule has 1 amide bonds. The second-order valence-corrected chi connectivity index (χ2v) is 4.26. The van der Waals surface area contributed by atoms with Crippen molar-refractivity contribution in [2.45, 2.75) is 6.54 Å². The molecule has 0 radical (unpaired) electrons. The van der Waals surface area contributed by atoms with Crippen molar-refractivity contribution in [1.29, 1.82) is 0 Å². The van der Waals surface area contributed by atoms with Crippen molar-refractivity contribution >= 4 is 11.6 Å². The van der Waals surface area contributed by atoms with E-state index in [1.54, 1.807) is 24.3 Å². The highest BCUT2D eigenvalue weighted by Crippen LogP contribution is 2.07. The molecule has 0 unspecified atom stereocenters. The summed E-state index contributed by atoms with van der Waals surface area (Å²) >= 11 is 0. The van der Waals surface area contributed by atoms with Crippen LogP contribution >= 0.6 is 0 Å². The number of benzene rings is 2. The number of carbonyl (C=O) groups is 1. The summed E-state index contributed by atoms with van der Waals surface area (Å²) in [5.41, 5.74) is 1.49. The van der Waals surface area contributed by atoms with E-state index in [0.717, 1.165) is 5.56 Å². The SMILES string of the molecule is O=C(CNc1ccc(F)cc1)NCc1ccc(F)cc1. The Labute approximate surface area is 115 Å². The van der Waals surface area contributed by atoms with Gasteiger partial charge in [0, 0.05) is 12.2 Å². The zero-order valence-electron chi connectivity index (χ0n) is 10.7. The standard InChI is InChI=1S/C15H14F2N2O/c16-12-3-1-11(2-4-12)9-19-15(20)10-18-14-7-5-13(17)6-8-14/h1-8,18H,9-10H2,(H,19,20). The largest absolute Gasteiger partial charge is 0.376 e. The Kier molecular flexibility index (Phi) is 4.65. The Morgan fingerprint density at radius 2 is 1.45 bits per heavy atom. The molecule has 0 saturated carbocycles. The average molecular weight is 276 g/mol. The first-order valence-electron chi connectivity index (χ1n) is 6.14. The van der Waals surface area contributed by atoms with E-state index in [0.29, 0.717) is 12.2 Å². The van der Waals surface area contributed by atoms with E-state index in [4.69, 9.17) is 0 Å². The summed E-state index contributed by atoms with van der Waals surface area (Å²) in [6.45, 7) is 0.428. The second kappa shape index (κ2) is 6.65. The quantitative estimate of drug-likeness (QED) is 0.881. The molecule has 0 aliphatic carbocycles. The topological polar surface area (TPSA) is 41.1 Å². The Morgan fingerprint density at radius 1 is 0.900 bits per heavy atom. The van der Waals surface area contributed by atoms with Gasteiger partial charge in [-0.2, -0.15) is 0 Å². The van der Waals surface area contributed by atoms with Crippen LogP contribution in [0.1, 0.15) is 5.56 Å². The molecule has 0 bridgehead atoms. The monoisotopic (exact) mass is 276 g/mol. The second-order valence-electron chi connectivity index (χ2n) is 4.26. The van der Waals surface area contributed by atoms with Gasteiger partial charge in [0.25, 0.3) is 0 Å². The van der Waals surface area contributed by atoms with Crippen LogP contribution in [0, 0.1) is 11.6 Å². The highest BCUT2D eigenvalue weighted by molar-refractivity contribution is 5.80. The number of halogens is 2. The summed E-state index contributed by atoms with van der Waals surface area (Å²) in [4.78, 5) is 11.6. The first-order chi connectivity index (χ1) is 9.63. The van der Waals surface area contributed by atoms with Crippen LogP contribution in [-0.2, 0) is 11.3 Å². The maximum atomic E-state index is 12.7. The van der Waals surface area contributed by atoms with E-state index in [2.05, 4.69) is 10.6 Å². The molecule has 2 aromatic rings. The van der Waals surface area contributed by atoms with Crippen molar-refractivity contribution in [3.8, 4) is 0 Å². The minimum Gasteiger partial charge on any atom is -0.376 e. The van der Waals surface area contributed by atoms with Crippen LogP contribution in [0.4, 0.5) is 14.5 Å². The van der Waals surface area contributed by atoms with Gasteiger partial charge in [-0.25, -0.2) is 8.78 Å². The van der Waals surface area contributed by atoms with Crippen molar-refractivity contribution < 1.29 is 13.6 Å². The van der Waals surface area contributed by atoms with Crippen molar-refractivity contribution in [1.82, 2.24) is 5.32 Å². The van der Waals surface area contributed by atoms with Gasteiger partial charge < -0.3 is 10.6 Å². The molecule has 0 heterocycles. The lowest BCUT2D eigenvalue weighted by molar-refractivity contribution is -0.119. The van der Waals surface area contributed by atoms with Gasteiger partial charge in [-0.15, -0.1) is 0 Å². The summed E-state index contributed by atoms with van der Waals surface area (Å²) in [6, 6.07) is 11.7. The molecule has 0 spiro atoms.